The van der Waals surface area contributed by atoms with Gasteiger partial charge in [-0.25, -0.2) is 0 Å². The van der Waals surface area contributed by atoms with Crippen molar-refractivity contribution in [1.29, 1.82) is 0 Å². The van der Waals surface area contributed by atoms with Crippen LogP contribution in [0.3, 0.4) is 0 Å². The molecule has 0 heterocycles. The molecule has 0 aliphatic rings. The molecule has 0 saturated heterocycles. The fraction of sp³-hybridized carbons (Fsp3) is 0.889. The van der Waals surface area contributed by atoms with Crippen LogP contribution in [0.4, 0.5) is 0 Å². The molecule has 37 heavy (non-hydrogen) atoms. The summed E-state index contributed by atoms with van der Waals surface area (Å²) >= 11 is 30.0. The maximum Gasteiger partial charge on any atom is 3.00 e. The molecule has 0 amide bonds. The van der Waals surface area contributed by atoms with E-state index >= 15 is 0 Å². The molecule has 0 bridgehead atoms. The summed E-state index contributed by atoms with van der Waals surface area (Å²) in [7, 11) is 0. The summed E-state index contributed by atoms with van der Waals surface area (Å²) in [5.41, 5.74) is 0. The zero-order valence-electron chi connectivity index (χ0n) is 25.6. The van der Waals surface area contributed by atoms with Gasteiger partial charge in [-0.3, -0.25) is 0 Å². The van der Waals surface area contributed by atoms with E-state index in [1.54, 1.807) is 0 Å². The Morgan fingerprint density at radius 2 is 0.514 bits per heavy atom. The number of nitrogens with zero attached hydrogens (tertiary/aromatic N) is 3. The molecule has 0 unspecified atom stereocenters. The summed E-state index contributed by atoms with van der Waals surface area (Å²) < 4.78 is 1.83. The molecule has 0 spiro atoms. The first kappa shape index (κ1) is 45.2. The summed E-state index contributed by atoms with van der Waals surface area (Å²) in [6, 6.07) is 0. The molecule has 0 rings (SSSR count). The van der Waals surface area contributed by atoms with Crippen LogP contribution < -0.4 is 0 Å². The van der Waals surface area contributed by atoms with Crippen LogP contribution in [-0.4, -0.2) is 92.8 Å². The molecule has 0 radical (unpaired) electrons. The molecule has 0 aromatic heterocycles. The Kier molecular flexibility index (Phi) is 31.9. The second-order valence-electron chi connectivity index (χ2n) is 11.9. The minimum Gasteiger partial charge on any atom is -0.411 e. The Morgan fingerprint density at radius 3 is 0.568 bits per heavy atom. The smallest absolute Gasteiger partial charge is 0.411 e. The van der Waals surface area contributed by atoms with Crippen molar-refractivity contribution in [1.82, 2.24) is 14.7 Å². The standard InChI is InChI=1S/3C9H19NS2.In/c3*1-7(2)5-10(9(11)12)6-8(3)4;/h3*7-8H,5-6H2,1-4H3,(H,11,12);/q;;;+3/p-3. The van der Waals surface area contributed by atoms with Crippen molar-refractivity contribution in [2.24, 2.45) is 35.5 Å². The minimum absolute atomic E-state index is 0. The molecular formula is C27H54InN3S6. The SMILES string of the molecule is CC(C)CN(CC(C)C)C(=S)[S-].CC(C)CN(CC(C)C)C(=S)[S-].CC(C)CN(CC(C)C)C(=S)[S-].[In+3]. The van der Waals surface area contributed by atoms with Gasteiger partial charge in [-0.05, 0) is 35.5 Å². The minimum atomic E-state index is 0. The van der Waals surface area contributed by atoms with E-state index in [1.165, 1.54) is 0 Å². The largest absolute Gasteiger partial charge is 3.00 e. The zero-order valence-corrected chi connectivity index (χ0v) is 33.8. The molecule has 0 atom stereocenters. The Bertz CT molecular complexity index is 488. The summed E-state index contributed by atoms with van der Waals surface area (Å²) in [5, 5.41) is 0. The molecule has 216 valence electrons. The summed E-state index contributed by atoms with van der Waals surface area (Å²) in [6.07, 6.45) is 0. The van der Waals surface area contributed by atoms with Crippen molar-refractivity contribution in [2.45, 2.75) is 83.1 Å². The summed E-state index contributed by atoms with van der Waals surface area (Å²) in [4.78, 5) is 6.33. The van der Waals surface area contributed by atoms with Gasteiger partial charge in [-0.1, -0.05) is 96.0 Å². The first-order valence-electron chi connectivity index (χ1n) is 13.2. The average molecular weight is 728 g/mol. The van der Waals surface area contributed by atoms with Crippen LogP contribution in [-0.2, 0) is 37.9 Å². The van der Waals surface area contributed by atoms with Crippen LogP contribution in [0.2, 0.25) is 0 Å². The van der Waals surface area contributed by atoms with E-state index in [-0.39, 0.29) is 25.8 Å². The fourth-order valence-corrected chi connectivity index (χ4v) is 4.21. The third-order valence-electron chi connectivity index (χ3n) is 4.29. The quantitative estimate of drug-likeness (QED) is 0.155. The molecule has 0 aliphatic heterocycles. The Morgan fingerprint density at radius 1 is 0.405 bits per heavy atom. The van der Waals surface area contributed by atoms with E-state index in [1.807, 2.05) is 0 Å². The van der Waals surface area contributed by atoms with Gasteiger partial charge in [-0.2, -0.15) is 0 Å². The average Bonchev–Trinajstić information content (AvgIpc) is 2.65. The van der Waals surface area contributed by atoms with Crippen LogP contribution >= 0.6 is 36.7 Å². The van der Waals surface area contributed by atoms with Crippen molar-refractivity contribution in [3.63, 3.8) is 0 Å². The number of hydrogen-bond acceptors (Lipinski definition) is 6. The third kappa shape index (κ3) is 33.3. The summed E-state index contributed by atoms with van der Waals surface area (Å²) in [6.45, 7) is 32.1. The van der Waals surface area contributed by atoms with Crippen LogP contribution in [0.5, 0.6) is 0 Å². The van der Waals surface area contributed by atoms with E-state index < -0.39 is 0 Å². The van der Waals surface area contributed by atoms with Crippen molar-refractivity contribution in [3.8, 4) is 0 Å². The van der Waals surface area contributed by atoms with Gasteiger partial charge in [0.2, 0.25) is 0 Å². The molecular weight excluding hydrogens is 674 g/mol. The van der Waals surface area contributed by atoms with Crippen LogP contribution in [0.15, 0.2) is 0 Å². The number of hydrogen-bond donors (Lipinski definition) is 0. The van der Waals surface area contributed by atoms with Gasteiger partial charge in [-0.15, -0.1) is 0 Å². The Balaban J connectivity index is -0.000000218. The molecule has 3 nitrogen and oxygen atoms in total. The van der Waals surface area contributed by atoms with Crippen molar-refractivity contribution < 1.29 is 0 Å². The molecule has 0 aliphatic carbocycles. The topological polar surface area (TPSA) is 9.72 Å². The molecule has 0 aromatic rings. The van der Waals surface area contributed by atoms with Crippen LogP contribution in [0.1, 0.15) is 83.1 Å². The first-order chi connectivity index (χ1) is 16.3. The molecule has 0 fully saturated rings. The van der Waals surface area contributed by atoms with Gasteiger partial charge in [0.1, 0.15) is 0 Å². The Labute approximate surface area is 283 Å². The second kappa shape index (κ2) is 26.1. The van der Waals surface area contributed by atoms with Gasteiger partial charge in [0, 0.05) is 39.3 Å². The number of rotatable bonds is 12. The van der Waals surface area contributed by atoms with Gasteiger partial charge < -0.3 is 89.2 Å². The van der Waals surface area contributed by atoms with Crippen LogP contribution in [0, 0.1) is 35.5 Å². The van der Waals surface area contributed by atoms with E-state index in [0.717, 1.165) is 39.3 Å². The monoisotopic (exact) mass is 727 g/mol. The predicted octanol–water partition coefficient (Wildman–Crippen LogP) is 6.92. The van der Waals surface area contributed by atoms with Gasteiger partial charge in [0.15, 0.2) is 0 Å². The normalized spacial score (nSPS) is 10.5. The van der Waals surface area contributed by atoms with Gasteiger partial charge >= 0.3 is 25.8 Å². The first-order valence-corrected chi connectivity index (χ1v) is 15.6. The van der Waals surface area contributed by atoms with Crippen molar-refractivity contribution >= 4 is 113 Å². The van der Waals surface area contributed by atoms with E-state index in [2.05, 4.69) is 97.8 Å². The second-order valence-corrected chi connectivity index (χ2v) is 15.0. The van der Waals surface area contributed by atoms with Gasteiger partial charge in [0.05, 0.1) is 0 Å². The van der Waals surface area contributed by atoms with E-state index in [0.29, 0.717) is 48.5 Å². The number of thiocarbonyl (C=S) groups is 3. The maximum absolute atomic E-state index is 4.99. The molecule has 0 N–H and O–H groups in total. The zero-order chi connectivity index (χ0) is 29.2. The van der Waals surface area contributed by atoms with Gasteiger partial charge in [0.25, 0.3) is 0 Å². The predicted molar refractivity (Wildman–Crippen MR) is 189 cm³/mol. The molecule has 0 saturated carbocycles. The van der Waals surface area contributed by atoms with Crippen LogP contribution in [0.25, 0.3) is 0 Å². The third-order valence-corrected chi connectivity index (χ3v) is 5.84. The molecule has 10 heteroatoms. The molecule has 0 aromatic carbocycles. The summed E-state index contributed by atoms with van der Waals surface area (Å²) in [5.74, 6) is 3.78. The van der Waals surface area contributed by atoms with Crippen molar-refractivity contribution in [3.05, 3.63) is 0 Å². The van der Waals surface area contributed by atoms with Crippen molar-refractivity contribution in [2.75, 3.05) is 39.3 Å². The van der Waals surface area contributed by atoms with E-state index in [9.17, 15) is 0 Å². The van der Waals surface area contributed by atoms with E-state index in [4.69, 9.17) is 74.5 Å². The maximum atomic E-state index is 4.99. The fourth-order valence-electron chi connectivity index (χ4n) is 3.32. The Hall–Kier alpha value is 1.20.